The molecule has 1 fully saturated rings. The number of likely N-dealkylation sites (tertiary alicyclic amines) is 1. The molecule has 0 spiro atoms. The molecule has 2 aromatic rings. The van der Waals surface area contributed by atoms with Crippen molar-refractivity contribution in [1.29, 1.82) is 0 Å². The molecule has 8 nitrogen and oxygen atoms in total. The largest absolute Gasteiger partial charge is 0.481 e. The zero-order valence-corrected chi connectivity index (χ0v) is 25.7. The lowest BCUT2D eigenvalue weighted by Gasteiger charge is -2.33. The number of piperidine rings is 1. The van der Waals surface area contributed by atoms with Gasteiger partial charge < -0.3 is 24.4 Å². The fourth-order valence-corrected chi connectivity index (χ4v) is 6.53. The molecule has 1 aliphatic rings. The van der Waals surface area contributed by atoms with Crippen LogP contribution in [0.4, 0.5) is 4.79 Å². The van der Waals surface area contributed by atoms with Gasteiger partial charge in [0.2, 0.25) is 5.88 Å². The van der Waals surface area contributed by atoms with Crippen LogP contribution >= 0.6 is 11.3 Å². The highest BCUT2D eigenvalue weighted by molar-refractivity contribution is 7.12. The van der Waals surface area contributed by atoms with Crippen molar-refractivity contribution in [2.75, 3.05) is 33.9 Å². The first-order valence-corrected chi connectivity index (χ1v) is 14.6. The predicted molar refractivity (Wildman–Crippen MR) is 155 cm³/mol. The lowest BCUT2D eigenvalue weighted by atomic mass is 9.91. The Bertz CT molecular complexity index is 1150. The first kappa shape index (κ1) is 30.9. The molecule has 9 heteroatoms. The van der Waals surface area contributed by atoms with Gasteiger partial charge in [-0.05, 0) is 103 Å². The number of pyridine rings is 1. The SMILES string of the molecule is COC(=O)c1c(CCCNCc2c(C)cc(C)nc2OC)sc(CC2CCN(C(=O)OC(C)(C)C)CC2)c1C. The molecule has 0 atom stereocenters. The minimum absolute atomic E-state index is 0.232. The number of carbonyl (C=O) groups is 2. The van der Waals surface area contributed by atoms with Gasteiger partial charge >= 0.3 is 12.1 Å². The van der Waals surface area contributed by atoms with Crippen LogP contribution in [0.1, 0.15) is 82.5 Å². The van der Waals surface area contributed by atoms with Crippen molar-refractivity contribution in [3.05, 3.63) is 43.8 Å². The molecule has 0 aromatic carbocycles. The monoisotopic (exact) mass is 559 g/mol. The van der Waals surface area contributed by atoms with Gasteiger partial charge in [0.1, 0.15) is 5.60 Å². The number of aromatic nitrogens is 1. The maximum Gasteiger partial charge on any atom is 0.410 e. The number of methoxy groups -OCH3 is 2. The number of ether oxygens (including phenoxy) is 3. The van der Waals surface area contributed by atoms with E-state index in [0.29, 0.717) is 31.4 Å². The van der Waals surface area contributed by atoms with Gasteiger partial charge in [-0.1, -0.05) is 0 Å². The van der Waals surface area contributed by atoms with Gasteiger partial charge in [0.15, 0.2) is 0 Å². The average Bonchev–Trinajstić information content (AvgIpc) is 3.17. The minimum atomic E-state index is -0.484. The highest BCUT2D eigenvalue weighted by Crippen LogP contribution is 2.34. The predicted octanol–water partition coefficient (Wildman–Crippen LogP) is 5.78. The first-order chi connectivity index (χ1) is 18.4. The Kier molecular flexibility index (Phi) is 10.8. The molecule has 3 heterocycles. The Labute approximate surface area is 237 Å². The second-order valence-electron chi connectivity index (χ2n) is 11.4. The van der Waals surface area contributed by atoms with E-state index >= 15 is 0 Å². The van der Waals surface area contributed by atoms with Crippen LogP contribution < -0.4 is 10.1 Å². The Balaban J connectivity index is 1.57. The molecule has 1 aliphatic heterocycles. The average molecular weight is 560 g/mol. The zero-order chi connectivity index (χ0) is 28.7. The second-order valence-corrected chi connectivity index (χ2v) is 12.6. The van der Waals surface area contributed by atoms with Crippen LogP contribution in [0.2, 0.25) is 0 Å². The van der Waals surface area contributed by atoms with E-state index in [1.807, 2.05) is 39.5 Å². The standard InChI is InChI=1S/C30H45N3O5S/c1-19-16-20(2)32-27(36-7)23(19)18-31-13-9-10-24-26(28(34)37-8)21(3)25(39-24)17-22-11-14-33(15-12-22)29(35)38-30(4,5)6/h16,22,31H,9-15,17-18H2,1-8H3. The maximum atomic E-state index is 12.7. The summed E-state index contributed by atoms with van der Waals surface area (Å²) in [5.41, 5.74) is 4.46. The first-order valence-electron chi connectivity index (χ1n) is 13.8. The van der Waals surface area contributed by atoms with E-state index in [1.54, 1.807) is 18.4 Å². The minimum Gasteiger partial charge on any atom is -0.481 e. The van der Waals surface area contributed by atoms with E-state index in [9.17, 15) is 9.59 Å². The summed E-state index contributed by atoms with van der Waals surface area (Å²) in [6, 6.07) is 2.07. The fraction of sp³-hybridized carbons (Fsp3) is 0.633. The van der Waals surface area contributed by atoms with Gasteiger partial charge in [-0.3, -0.25) is 0 Å². The summed E-state index contributed by atoms with van der Waals surface area (Å²) in [6.45, 7) is 14.7. The van der Waals surface area contributed by atoms with Gasteiger partial charge in [-0.15, -0.1) is 11.3 Å². The van der Waals surface area contributed by atoms with Gasteiger partial charge in [0, 0.05) is 40.6 Å². The Hall–Kier alpha value is -2.65. The zero-order valence-electron chi connectivity index (χ0n) is 24.9. The second kappa shape index (κ2) is 13.6. The highest BCUT2D eigenvalue weighted by atomic mass is 32.1. The molecule has 0 bridgehead atoms. The third kappa shape index (κ3) is 8.42. The number of hydrogen-bond donors (Lipinski definition) is 1. The molecule has 39 heavy (non-hydrogen) atoms. The van der Waals surface area contributed by atoms with Crippen molar-refractivity contribution in [2.45, 2.75) is 85.8 Å². The van der Waals surface area contributed by atoms with E-state index in [2.05, 4.69) is 23.3 Å². The molecule has 3 rings (SSSR count). The quantitative estimate of drug-likeness (QED) is 0.292. The van der Waals surface area contributed by atoms with Crippen molar-refractivity contribution < 1.29 is 23.8 Å². The summed E-state index contributed by atoms with van der Waals surface area (Å²) in [5, 5.41) is 3.51. The Morgan fingerprint density at radius 2 is 1.82 bits per heavy atom. The summed E-state index contributed by atoms with van der Waals surface area (Å²) >= 11 is 1.74. The molecule has 0 radical (unpaired) electrons. The van der Waals surface area contributed by atoms with E-state index in [1.165, 1.54) is 12.0 Å². The number of rotatable bonds is 10. The van der Waals surface area contributed by atoms with Crippen LogP contribution in [0.15, 0.2) is 6.07 Å². The summed E-state index contributed by atoms with van der Waals surface area (Å²) in [4.78, 5) is 33.8. The summed E-state index contributed by atoms with van der Waals surface area (Å²) in [5.74, 6) is 0.884. The molecule has 0 aliphatic carbocycles. The van der Waals surface area contributed by atoms with Crippen LogP contribution in [0.5, 0.6) is 5.88 Å². The topological polar surface area (TPSA) is 90.0 Å². The normalized spacial score (nSPS) is 14.4. The third-order valence-electron chi connectivity index (χ3n) is 7.14. The Morgan fingerprint density at radius 3 is 2.44 bits per heavy atom. The van der Waals surface area contributed by atoms with Gasteiger partial charge in [0.05, 0.1) is 19.8 Å². The van der Waals surface area contributed by atoms with Crippen LogP contribution in [-0.4, -0.2) is 61.4 Å². The molecule has 1 amide bonds. The molecular formula is C30H45N3O5S. The lowest BCUT2D eigenvalue weighted by molar-refractivity contribution is 0.0184. The van der Waals surface area contributed by atoms with Crippen LogP contribution in [0.3, 0.4) is 0 Å². The van der Waals surface area contributed by atoms with E-state index in [0.717, 1.165) is 71.5 Å². The molecule has 1 saturated heterocycles. The van der Waals surface area contributed by atoms with E-state index in [-0.39, 0.29) is 12.1 Å². The Morgan fingerprint density at radius 1 is 1.13 bits per heavy atom. The number of hydrogen-bond acceptors (Lipinski definition) is 8. The number of carbonyl (C=O) groups excluding carboxylic acids is 2. The number of amides is 1. The summed E-state index contributed by atoms with van der Waals surface area (Å²) in [6.07, 6.45) is 4.26. The fourth-order valence-electron chi connectivity index (χ4n) is 5.07. The van der Waals surface area contributed by atoms with Crippen molar-refractivity contribution in [1.82, 2.24) is 15.2 Å². The number of nitrogens with zero attached hydrogens (tertiary/aromatic N) is 2. The molecule has 1 N–H and O–H groups in total. The number of thiophene rings is 1. The van der Waals surface area contributed by atoms with Crippen molar-refractivity contribution >= 4 is 23.4 Å². The van der Waals surface area contributed by atoms with Crippen molar-refractivity contribution in [3.63, 3.8) is 0 Å². The highest BCUT2D eigenvalue weighted by Gasteiger charge is 2.29. The van der Waals surface area contributed by atoms with Crippen molar-refractivity contribution in [2.24, 2.45) is 5.92 Å². The van der Waals surface area contributed by atoms with Gasteiger partial charge in [-0.25, -0.2) is 14.6 Å². The number of nitrogens with one attached hydrogen (secondary N) is 1. The lowest BCUT2D eigenvalue weighted by Crippen LogP contribution is -2.42. The van der Waals surface area contributed by atoms with E-state index < -0.39 is 5.60 Å². The molecule has 0 saturated carbocycles. The number of aryl methyl sites for hydroxylation is 3. The molecule has 216 valence electrons. The molecular weight excluding hydrogens is 514 g/mol. The smallest absolute Gasteiger partial charge is 0.410 e. The molecule has 2 aromatic heterocycles. The van der Waals surface area contributed by atoms with Crippen LogP contribution in [0.25, 0.3) is 0 Å². The summed E-state index contributed by atoms with van der Waals surface area (Å²) < 4.78 is 16.2. The van der Waals surface area contributed by atoms with Crippen LogP contribution in [0, 0.1) is 26.7 Å². The van der Waals surface area contributed by atoms with Gasteiger partial charge in [0.25, 0.3) is 0 Å². The maximum absolute atomic E-state index is 12.7. The van der Waals surface area contributed by atoms with E-state index in [4.69, 9.17) is 14.2 Å². The molecule has 0 unspecified atom stereocenters. The third-order valence-corrected chi connectivity index (χ3v) is 8.51. The van der Waals surface area contributed by atoms with Gasteiger partial charge in [-0.2, -0.15) is 0 Å². The number of esters is 1. The summed E-state index contributed by atoms with van der Waals surface area (Å²) in [7, 11) is 3.10. The van der Waals surface area contributed by atoms with Crippen LogP contribution in [-0.2, 0) is 28.9 Å². The van der Waals surface area contributed by atoms with Crippen molar-refractivity contribution in [3.8, 4) is 5.88 Å².